The molecular formula is C20H14N4O2S2. The molecule has 0 aliphatic carbocycles. The molecule has 2 aromatic carbocycles. The zero-order chi connectivity index (χ0) is 19.5. The first-order valence-corrected chi connectivity index (χ1v) is 9.54. The van der Waals surface area contributed by atoms with Crippen molar-refractivity contribution in [1.29, 1.82) is 0 Å². The van der Waals surface area contributed by atoms with Gasteiger partial charge in [-0.15, -0.1) is 11.3 Å². The summed E-state index contributed by atoms with van der Waals surface area (Å²) in [6, 6.07) is 17.8. The number of nitrogens with one attached hydrogen (secondary N) is 1. The van der Waals surface area contributed by atoms with Crippen molar-refractivity contribution in [3.05, 3.63) is 78.6 Å². The molecule has 0 radical (unpaired) electrons. The van der Waals surface area contributed by atoms with E-state index in [1.165, 1.54) is 6.20 Å². The minimum Gasteiger partial charge on any atom is -0.307 e. The number of fused-ring (bicyclic) bond motifs is 1. The Morgan fingerprint density at radius 3 is 2.50 bits per heavy atom. The number of urea groups is 1. The summed E-state index contributed by atoms with van der Waals surface area (Å²) in [6.45, 7) is 0. The van der Waals surface area contributed by atoms with E-state index in [0.717, 1.165) is 25.1 Å². The fourth-order valence-corrected chi connectivity index (χ4v) is 3.71. The van der Waals surface area contributed by atoms with E-state index in [1.807, 2.05) is 36.4 Å². The standard InChI is InChI=1S/C20H14N4O2S2/c25-19(14-4-3-11-21-12-14)24(27)20(26)22-15-9-7-13(8-10-15)18-23-16-5-1-2-6-17(16)28-18/h1-12,27H,(H,22,26). The lowest BCUT2D eigenvalue weighted by atomic mass is 10.2. The van der Waals surface area contributed by atoms with Crippen LogP contribution in [0.5, 0.6) is 0 Å². The smallest absolute Gasteiger partial charge is 0.307 e. The van der Waals surface area contributed by atoms with Gasteiger partial charge in [0.05, 0.1) is 15.8 Å². The predicted octanol–water partition coefficient (Wildman–Crippen LogP) is 4.88. The summed E-state index contributed by atoms with van der Waals surface area (Å²) in [4.78, 5) is 33.0. The molecule has 6 nitrogen and oxygen atoms in total. The molecule has 0 unspecified atom stereocenters. The van der Waals surface area contributed by atoms with Gasteiger partial charge in [-0.05, 0) is 48.5 Å². The van der Waals surface area contributed by atoms with Gasteiger partial charge in [-0.3, -0.25) is 9.78 Å². The first kappa shape index (κ1) is 18.1. The Labute approximate surface area is 170 Å². The van der Waals surface area contributed by atoms with Crippen LogP contribution < -0.4 is 5.32 Å². The van der Waals surface area contributed by atoms with Crippen molar-refractivity contribution in [2.24, 2.45) is 0 Å². The van der Waals surface area contributed by atoms with Crippen LogP contribution in [-0.4, -0.2) is 26.2 Å². The molecule has 0 atom stereocenters. The summed E-state index contributed by atoms with van der Waals surface area (Å²) in [7, 11) is 0. The van der Waals surface area contributed by atoms with E-state index >= 15 is 0 Å². The Kier molecular flexibility index (Phi) is 5.05. The van der Waals surface area contributed by atoms with Crippen LogP contribution in [0.25, 0.3) is 20.8 Å². The van der Waals surface area contributed by atoms with Crippen molar-refractivity contribution < 1.29 is 9.59 Å². The lowest BCUT2D eigenvalue weighted by Gasteiger charge is -2.14. The number of amides is 3. The number of anilines is 1. The van der Waals surface area contributed by atoms with Gasteiger partial charge in [0.1, 0.15) is 5.01 Å². The number of imide groups is 1. The summed E-state index contributed by atoms with van der Waals surface area (Å²) < 4.78 is 1.84. The van der Waals surface area contributed by atoms with Crippen molar-refractivity contribution in [3.63, 3.8) is 0 Å². The van der Waals surface area contributed by atoms with E-state index in [-0.39, 0.29) is 5.56 Å². The van der Waals surface area contributed by atoms with E-state index < -0.39 is 11.9 Å². The maximum Gasteiger partial charge on any atom is 0.338 e. The van der Waals surface area contributed by atoms with Crippen LogP contribution in [0.3, 0.4) is 0 Å². The number of rotatable bonds is 3. The van der Waals surface area contributed by atoms with E-state index in [0.29, 0.717) is 5.69 Å². The van der Waals surface area contributed by atoms with Crippen molar-refractivity contribution >= 4 is 52.0 Å². The monoisotopic (exact) mass is 406 g/mol. The van der Waals surface area contributed by atoms with Crippen LogP contribution in [-0.2, 0) is 0 Å². The molecule has 2 heterocycles. The molecule has 0 saturated carbocycles. The van der Waals surface area contributed by atoms with Gasteiger partial charge in [0.25, 0.3) is 5.91 Å². The molecule has 4 rings (SSSR count). The predicted molar refractivity (Wildman–Crippen MR) is 113 cm³/mol. The number of para-hydroxylation sites is 1. The Balaban J connectivity index is 1.46. The second-order valence-electron chi connectivity index (χ2n) is 5.85. The molecule has 0 saturated heterocycles. The lowest BCUT2D eigenvalue weighted by molar-refractivity contribution is 0.0901. The second-order valence-corrected chi connectivity index (χ2v) is 7.28. The van der Waals surface area contributed by atoms with Crippen molar-refractivity contribution in [1.82, 2.24) is 14.3 Å². The Bertz CT molecular complexity index is 1110. The molecule has 1 N–H and O–H groups in total. The van der Waals surface area contributed by atoms with Crippen molar-refractivity contribution in [2.45, 2.75) is 0 Å². The molecule has 0 aliphatic heterocycles. The number of hydrogen-bond acceptors (Lipinski definition) is 6. The van der Waals surface area contributed by atoms with E-state index in [4.69, 9.17) is 0 Å². The highest BCUT2D eigenvalue weighted by molar-refractivity contribution is 7.79. The number of nitrogens with zero attached hydrogens (tertiary/aromatic N) is 3. The zero-order valence-electron chi connectivity index (χ0n) is 14.4. The number of thiol groups is 1. The van der Waals surface area contributed by atoms with Crippen LogP contribution in [0.4, 0.5) is 10.5 Å². The van der Waals surface area contributed by atoms with Crippen LogP contribution in [0, 0.1) is 0 Å². The normalized spacial score (nSPS) is 10.6. The molecule has 2 aromatic heterocycles. The molecule has 28 heavy (non-hydrogen) atoms. The third kappa shape index (κ3) is 3.73. The first-order chi connectivity index (χ1) is 13.6. The third-order valence-corrected chi connectivity index (χ3v) is 5.42. The number of carbonyl (C=O) groups excluding carboxylic acids is 2. The first-order valence-electron chi connectivity index (χ1n) is 8.32. The molecule has 4 aromatic rings. The number of hydrogen-bond donors (Lipinski definition) is 2. The van der Waals surface area contributed by atoms with E-state index in [1.54, 1.807) is 41.8 Å². The minimum atomic E-state index is -0.648. The maximum atomic E-state index is 12.3. The highest BCUT2D eigenvalue weighted by Crippen LogP contribution is 2.30. The van der Waals surface area contributed by atoms with E-state index in [2.05, 4.69) is 28.1 Å². The topological polar surface area (TPSA) is 75.2 Å². The van der Waals surface area contributed by atoms with Gasteiger partial charge in [-0.1, -0.05) is 24.9 Å². The van der Waals surface area contributed by atoms with Crippen LogP contribution >= 0.6 is 24.2 Å². The number of benzene rings is 2. The number of pyridine rings is 1. The Morgan fingerprint density at radius 1 is 1.00 bits per heavy atom. The molecule has 138 valence electrons. The van der Waals surface area contributed by atoms with E-state index in [9.17, 15) is 9.59 Å². The van der Waals surface area contributed by atoms with Gasteiger partial charge in [0.2, 0.25) is 0 Å². The average Bonchev–Trinajstić information content (AvgIpc) is 3.18. The zero-order valence-corrected chi connectivity index (χ0v) is 16.2. The quantitative estimate of drug-likeness (QED) is 0.476. The molecular weight excluding hydrogens is 392 g/mol. The molecule has 8 heteroatoms. The van der Waals surface area contributed by atoms with Gasteiger partial charge < -0.3 is 5.32 Å². The summed E-state index contributed by atoms with van der Waals surface area (Å²) in [5.41, 5.74) is 2.74. The highest BCUT2D eigenvalue weighted by atomic mass is 32.1. The summed E-state index contributed by atoms with van der Waals surface area (Å²) in [5.74, 6) is -0.556. The summed E-state index contributed by atoms with van der Waals surface area (Å²) in [5, 5.41) is 3.55. The molecule has 0 fully saturated rings. The van der Waals surface area contributed by atoms with Crippen molar-refractivity contribution in [3.8, 4) is 10.6 Å². The molecule has 3 amide bonds. The largest absolute Gasteiger partial charge is 0.338 e. The molecule has 0 aliphatic rings. The number of aromatic nitrogens is 2. The third-order valence-electron chi connectivity index (χ3n) is 3.97. The van der Waals surface area contributed by atoms with Gasteiger partial charge >= 0.3 is 6.03 Å². The number of thiazole rings is 1. The highest BCUT2D eigenvalue weighted by Gasteiger charge is 2.20. The summed E-state index contributed by atoms with van der Waals surface area (Å²) >= 11 is 5.61. The van der Waals surface area contributed by atoms with Crippen LogP contribution in [0.2, 0.25) is 0 Å². The van der Waals surface area contributed by atoms with Crippen molar-refractivity contribution in [2.75, 3.05) is 5.32 Å². The van der Waals surface area contributed by atoms with Crippen LogP contribution in [0.1, 0.15) is 10.4 Å². The number of carbonyl (C=O) groups is 2. The summed E-state index contributed by atoms with van der Waals surface area (Å²) in [6.07, 6.45) is 2.93. The fraction of sp³-hybridized carbons (Fsp3) is 0. The second kappa shape index (κ2) is 7.79. The van der Waals surface area contributed by atoms with Gasteiger partial charge in [0, 0.05) is 23.6 Å². The molecule has 0 spiro atoms. The lowest BCUT2D eigenvalue weighted by Crippen LogP contribution is -2.32. The van der Waals surface area contributed by atoms with Crippen LogP contribution in [0.15, 0.2) is 73.1 Å². The fourth-order valence-electron chi connectivity index (χ4n) is 2.57. The SMILES string of the molecule is O=C(Nc1ccc(-c2nc3ccccc3s2)cc1)N(S)C(=O)c1cccnc1. The van der Waals surface area contributed by atoms with Gasteiger partial charge in [-0.2, -0.15) is 0 Å². The van der Waals surface area contributed by atoms with Gasteiger partial charge in [0.15, 0.2) is 0 Å². The minimum absolute atomic E-state index is 0.277. The maximum absolute atomic E-state index is 12.3. The molecule has 0 bridgehead atoms. The Hall–Kier alpha value is -3.23. The Morgan fingerprint density at radius 2 is 1.79 bits per heavy atom. The van der Waals surface area contributed by atoms with Gasteiger partial charge in [-0.25, -0.2) is 14.1 Å². The average molecular weight is 406 g/mol.